The van der Waals surface area contributed by atoms with Crippen molar-refractivity contribution in [1.29, 1.82) is 0 Å². The molecule has 8 heteroatoms. The lowest BCUT2D eigenvalue weighted by Crippen LogP contribution is -2.38. The van der Waals surface area contributed by atoms with Crippen molar-refractivity contribution in [2.24, 2.45) is 5.41 Å². The van der Waals surface area contributed by atoms with Gasteiger partial charge in [0.15, 0.2) is 11.4 Å². The van der Waals surface area contributed by atoms with Crippen LogP contribution < -0.4 is 4.74 Å². The lowest BCUT2D eigenvalue weighted by atomic mass is 9.88. The van der Waals surface area contributed by atoms with Gasteiger partial charge >= 0.3 is 0 Å². The Kier molecular flexibility index (Phi) is 6.55. The van der Waals surface area contributed by atoms with Crippen molar-refractivity contribution in [2.45, 2.75) is 59.3 Å². The molecule has 0 amide bonds. The third kappa shape index (κ3) is 4.87. The van der Waals surface area contributed by atoms with Crippen LogP contribution in [0.3, 0.4) is 0 Å². The number of aromatic nitrogens is 6. The monoisotopic (exact) mass is 487 g/mol. The molecule has 0 atom stereocenters. The van der Waals surface area contributed by atoms with Crippen molar-refractivity contribution >= 4 is 5.65 Å². The quantitative estimate of drug-likeness (QED) is 0.384. The first-order valence-corrected chi connectivity index (χ1v) is 12.9. The molecule has 5 rings (SSSR count). The van der Waals surface area contributed by atoms with Gasteiger partial charge in [-0.15, -0.1) is 0 Å². The Morgan fingerprint density at radius 2 is 1.92 bits per heavy atom. The van der Waals surface area contributed by atoms with E-state index < -0.39 is 0 Å². The summed E-state index contributed by atoms with van der Waals surface area (Å²) in [6.45, 7) is 14.8. The van der Waals surface area contributed by atoms with Gasteiger partial charge in [-0.2, -0.15) is 10.2 Å². The molecule has 0 aromatic carbocycles. The lowest BCUT2D eigenvalue weighted by Gasteiger charge is -2.36. The summed E-state index contributed by atoms with van der Waals surface area (Å²) in [5.41, 5.74) is 7.18. The highest BCUT2D eigenvalue weighted by molar-refractivity contribution is 5.75. The summed E-state index contributed by atoms with van der Waals surface area (Å²) in [6, 6.07) is 6.36. The van der Waals surface area contributed by atoms with Crippen LogP contribution in [0.2, 0.25) is 0 Å². The zero-order chi connectivity index (χ0) is 25.4. The Balaban J connectivity index is 1.39. The van der Waals surface area contributed by atoms with Crippen molar-refractivity contribution in [2.75, 3.05) is 26.7 Å². The number of likely N-dealkylation sites (tertiary alicyclic amines) is 1. The highest BCUT2D eigenvalue weighted by Gasteiger charge is 2.25. The predicted molar refractivity (Wildman–Crippen MR) is 142 cm³/mol. The number of aromatic amines is 1. The first-order valence-electron chi connectivity index (χ1n) is 12.9. The van der Waals surface area contributed by atoms with E-state index in [0.29, 0.717) is 22.7 Å². The fourth-order valence-electron chi connectivity index (χ4n) is 5.39. The molecule has 4 aromatic rings. The van der Waals surface area contributed by atoms with E-state index in [1.165, 1.54) is 24.7 Å². The molecule has 5 heterocycles. The first kappa shape index (κ1) is 24.4. The highest BCUT2D eigenvalue weighted by Crippen LogP contribution is 2.37. The van der Waals surface area contributed by atoms with E-state index >= 15 is 0 Å². The van der Waals surface area contributed by atoms with Crippen LogP contribution in [0, 0.1) is 5.41 Å². The van der Waals surface area contributed by atoms with E-state index in [9.17, 15) is 0 Å². The van der Waals surface area contributed by atoms with E-state index in [4.69, 9.17) is 14.8 Å². The SMILES string of the molecule is COc1cc(-c2n[nH]c(-c3ccc(C4CCN(CC(C)(C)C)CC4)cn3)c2C(C)C)cn2ncnc12. The smallest absolute Gasteiger partial charge is 0.197 e. The Hall–Kier alpha value is -3.26. The molecule has 0 radical (unpaired) electrons. The van der Waals surface area contributed by atoms with Crippen molar-refractivity contribution in [1.82, 2.24) is 34.7 Å². The molecule has 8 nitrogen and oxygen atoms in total. The average molecular weight is 488 g/mol. The fraction of sp³-hybridized carbons (Fsp3) is 0.500. The van der Waals surface area contributed by atoms with E-state index in [0.717, 1.165) is 47.8 Å². The van der Waals surface area contributed by atoms with Gasteiger partial charge < -0.3 is 9.64 Å². The van der Waals surface area contributed by atoms with Crippen LogP contribution in [0.4, 0.5) is 0 Å². The minimum absolute atomic E-state index is 0.250. The van der Waals surface area contributed by atoms with Crippen molar-refractivity contribution in [3.05, 3.63) is 48.0 Å². The number of hydrogen-bond acceptors (Lipinski definition) is 6. The normalized spacial score (nSPS) is 15.8. The summed E-state index contributed by atoms with van der Waals surface area (Å²) in [6.07, 6.45) is 7.92. The molecular formula is C28H37N7O. The van der Waals surface area contributed by atoms with Gasteiger partial charge in [-0.25, -0.2) is 9.50 Å². The second-order valence-electron chi connectivity index (χ2n) is 11.4. The zero-order valence-electron chi connectivity index (χ0n) is 22.2. The second kappa shape index (κ2) is 9.65. The summed E-state index contributed by atoms with van der Waals surface area (Å²) in [5, 5.41) is 12.3. The predicted octanol–water partition coefficient (Wildman–Crippen LogP) is 5.54. The molecule has 0 aliphatic carbocycles. The first-order chi connectivity index (χ1) is 17.2. The Bertz CT molecular complexity index is 1320. The topological polar surface area (TPSA) is 84.2 Å². The van der Waals surface area contributed by atoms with E-state index in [1.54, 1.807) is 11.6 Å². The summed E-state index contributed by atoms with van der Waals surface area (Å²) < 4.78 is 7.29. The standard InChI is InChI=1S/C28H37N7O/c1-18(2)24-25(21-13-23(36-6)27-30-17-31-35(27)15-21)32-33-26(24)22-8-7-20(14-29-22)19-9-11-34(12-10-19)16-28(3,4)5/h7-8,13-15,17-19H,9-12,16H2,1-6H3,(H,32,33). The minimum Gasteiger partial charge on any atom is -0.493 e. The van der Waals surface area contributed by atoms with Gasteiger partial charge in [0.05, 0.1) is 24.2 Å². The van der Waals surface area contributed by atoms with E-state index in [1.807, 2.05) is 12.3 Å². The molecule has 1 fully saturated rings. The molecule has 190 valence electrons. The molecule has 1 N–H and O–H groups in total. The maximum absolute atomic E-state index is 5.56. The zero-order valence-corrected chi connectivity index (χ0v) is 22.2. The summed E-state index contributed by atoms with van der Waals surface area (Å²) in [7, 11) is 1.65. The maximum atomic E-state index is 5.56. The molecule has 0 bridgehead atoms. The van der Waals surface area contributed by atoms with Crippen molar-refractivity contribution in [3.63, 3.8) is 0 Å². The molecule has 1 saturated heterocycles. The number of pyridine rings is 2. The van der Waals surface area contributed by atoms with Crippen LogP contribution in [0.5, 0.6) is 5.75 Å². The summed E-state index contributed by atoms with van der Waals surface area (Å²) >= 11 is 0. The number of piperidine rings is 1. The largest absolute Gasteiger partial charge is 0.493 e. The third-order valence-electron chi connectivity index (χ3n) is 7.02. The second-order valence-corrected chi connectivity index (χ2v) is 11.4. The number of fused-ring (bicyclic) bond motifs is 1. The van der Waals surface area contributed by atoms with Crippen LogP contribution in [0.15, 0.2) is 36.9 Å². The fourth-order valence-corrected chi connectivity index (χ4v) is 5.39. The molecule has 0 spiro atoms. The van der Waals surface area contributed by atoms with Gasteiger partial charge in [0.2, 0.25) is 0 Å². The van der Waals surface area contributed by atoms with Crippen molar-refractivity contribution < 1.29 is 4.74 Å². The summed E-state index contributed by atoms with van der Waals surface area (Å²) in [5.74, 6) is 1.49. The molecule has 36 heavy (non-hydrogen) atoms. The van der Waals surface area contributed by atoms with Crippen LogP contribution in [-0.2, 0) is 0 Å². The average Bonchev–Trinajstić information content (AvgIpc) is 3.50. The number of ether oxygens (including phenoxy) is 1. The minimum atomic E-state index is 0.250. The number of rotatable bonds is 6. The Morgan fingerprint density at radius 1 is 1.14 bits per heavy atom. The molecule has 4 aromatic heterocycles. The third-order valence-corrected chi connectivity index (χ3v) is 7.02. The van der Waals surface area contributed by atoms with Crippen LogP contribution in [0.1, 0.15) is 70.4 Å². The number of H-pyrrole nitrogens is 1. The summed E-state index contributed by atoms with van der Waals surface area (Å²) in [4.78, 5) is 11.8. The van der Waals surface area contributed by atoms with Gasteiger partial charge in [-0.05, 0) is 60.9 Å². The van der Waals surface area contributed by atoms with Gasteiger partial charge in [-0.3, -0.25) is 10.1 Å². The molecule has 0 unspecified atom stereocenters. The Morgan fingerprint density at radius 3 is 2.56 bits per heavy atom. The van der Waals surface area contributed by atoms with Crippen LogP contribution >= 0.6 is 0 Å². The van der Waals surface area contributed by atoms with E-state index in [-0.39, 0.29) is 5.92 Å². The highest BCUT2D eigenvalue weighted by atomic mass is 16.5. The lowest BCUT2D eigenvalue weighted by molar-refractivity contribution is 0.154. The Labute approximate surface area is 213 Å². The molecule has 0 saturated carbocycles. The van der Waals surface area contributed by atoms with Gasteiger partial charge in [-0.1, -0.05) is 40.7 Å². The molecular weight excluding hydrogens is 450 g/mol. The van der Waals surface area contributed by atoms with Gasteiger partial charge in [0, 0.05) is 30.1 Å². The number of methoxy groups -OCH3 is 1. The van der Waals surface area contributed by atoms with Crippen molar-refractivity contribution in [3.8, 4) is 28.4 Å². The van der Waals surface area contributed by atoms with Gasteiger partial charge in [0.1, 0.15) is 6.33 Å². The molecule has 1 aliphatic rings. The number of nitrogens with zero attached hydrogens (tertiary/aromatic N) is 6. The number of hydrogen-bond donors (Lipinski definition) is 1. The van der Waals surface area contributed by atoms with E-state index in [2.05, 4.69) is 73.0 Å². The van der Waals surface area contributed by atoms with Crippen LogP contribution in [-0.4, -0.2) is 61.4 Å². The maximum Gasteiger partial charge on any atom is 0.197 e. The van der Waals surface area contributed by atoms with Crippen LogP contribution in [0.25, 0.3) is 28.3 Å². The molecule has 1 aliphatic heterocycles. The van der Waals surface area contributed by atoms with Gasteiger partial charge in [0.25, 0.3) is 0 Å². The number of nitrogens with one attached hydrogen (secondary N) is 1.